The largest absolute Gasteiger partial charge is 0.469 e. The average molecular weight is 268 g/mol. The van der Waals surface area contributed by atoms with Crippen LogP contribution in [0, 0.1) is 5.41 Å². The van der Waals surface area contributed by atoms with E-state index in [1.165, 1.54) is 14.2 Å². The Morgan fingerprint density at radius 1 is 1.16 bits per heavy atom. The first kappa shape index (κ1) is 15.4. The van der Waals surface area contributed by atoms with Crippen LogP contribution < -0.4 is 0 Å². The van der Waals surface area contributed by atoms with Crippen molar-refractivity contribution >= 4 is 17.7 Å². The summed E-state index contributed by atoms with van der Waals surface area (Å²) in [5, 5.41) is 0. The minimum atomic E-state index is -0.616. The normalized spacial score (nSPS) is 21.8. The Morgan fingerprint density at radius 2 is 1.89 bits per heavy atom. The highest BCUT2D eigenvalue weighted by Crippen LogP contribution is 2.38. The molecule has 0 radical (unpaired) electrons. The Kier molecular flexibility index (Phi) is 5.73. The molecule has 0 bridgehead atoms. The summed E-state index contributed by atoms with van der Waals surface area (Å²) in [5.74, 6) is -1.02. The first-order chi connectivity index (χ1) is 9.04. The van der Waals surface area contributed by atoms with Gasteiger partial charge in [-0.25, -0.2) is 0 Å². The van der Waals surface area contributed by atoms with Crippen molar-refractivity contribution in [1.82, 2.24) is 0 Å². The fourth-order valence-electron chi connectivity index (χ4n) is 2.32. The fourth-order valence-corrected chi connectivity index (χ4v) is 2.32. The monoisotopic (exact) mass is 268 g/mol. The lowest BCUT2D eigenvalue weighted by Crippen LogP contribution is -2.34. The molecule has 0 saturated heterocycles. The van der Waals surface area contributed by atoms with E-state index in [9.17, 15) is 14.4 Å². The Balaban J connectivity index is 2.59. The van der Waals surface area contributed by atoms with E-state index in [2.05, 4.69) is 4.74 Å². The van der Waals surface area contributed by atoms with Crippen molar-refractivity contribution in [2.45, 2.75) is 38.5 Å². The summed E-state index contributed by atoms with van der Waals surface area (Å²) < 4.78 is 9.30. The lowest BCUT2D eigenvalue weighted by atomic mass is 9.73. The molecule has 5 nitrogen and oxygen atoms in total. The van der Waals surface area contributed by atoms with Crippen molar-refractivity contribution in [2.24, 2.45) is 5.41 Å². The molecule has 0 saturated carbocycles. The molecule has 1 aliphatic carbocycles. The van der Waals surface area contributed by atoms with Crippen molar-refractivity contribution in [3.8, 4) is 0 Å². The standard InChI is InChI=1S/C14H20O5/c1-18-12(16)10-11(15)6-9-14(13(17)19-2)7-4-3-5-8-14/h3-4H,5-10H2,1-2H3. The van der Waals surface area contributed by atoms with Crippen LogP contribution in [0.25, 0.3) is 0 Å². The summed E-state index contributed by atoms with van der Waals surface area (Å²) in [6, 6.07) is 0. The van der Waals surface area contributed by atoms with Gasteiger partial charge in [0.05, 0.1) is 19.6 Å². The lowest BCUT2D eigenvalue weighted by Gasteiger charge is -2.31. The van der Waals surface area contributed by atoms with Gasteiger partial charge in [-0.15, -0.1) is 0 Å². The predicted molar refractivity (Wildman–Crippen MR) is 68.3 cm³/mol. The number of rotatable bonds is 6. The zero-order valence-electron chi connectivity index (χ0n) is 11.4. The van der Waals surface area contributed by atoms with E-state index in [0.29, 0.717) is 19.3 Å². The molecule has 1 atom stereocenters. The predicted octanol–water partition coefficient (Wildman–Crippen LogP) is 1.80. The van der Waals surface area contributed by atoms with Crippen LogP contribution in [0.4, 0.5) is 0 Å². The molecule has 1 rings (SSSR count). The van der Waals surface area contributed by atoms with Gasteiger partial charge in [0, 0.05) is 6.42 Å². The number of Topliss-reactive ketones (excluding diaryl/α,β-unsaturated/α-hetero) is 1. The van der Waals surface area contributed by atoms with E-state index in [1.54, 1.807) is 0 Å². The molecule has 0 aliphatic heterocycles. The second-order valence-electron chi connectivity index (χ2n) is 4.78. The molecule has 0 spiro atoms. The Labute approximate surface area is 112 Å². The van der Waals surface area contributed by atoms with Gasteiger partial charge in [0.2, 0.25) is 0 Å². The number of methoxy groups -OCH3 is 2. The van der Waals surface area contributed by atoms with Crippen molar-refractivity contribution in [3.05, 3.63) is 12.2 Å². The van der Waals surface area contributed by atoms with Gasteiger partial charge in [0.15, 0.2) is 0 Å². The third kappa shape index (κ3) is 4.19. The van der Waals surface area contributed by atoms with E-state index in [0.717, 1.165) is 6.42 Å². The molecule has 0 N–H and O–H groups in total. The van der Waals surface area contributed by atoms with Crippen molar-refractivity contribution < 1.29 is 23.9 Å². The highest BCUT2D eigenvalue weighted by Gasteiger charge is 2.39. The molecule has 19 heavy (non-hydrogen) atoms. The SMILES string of the molecule is COC(=O)CC(=O)CCC1(C(=O)OC)CC=CCC1. The second kappa shape index (κ2) is 7.07. The molecular weight excluding hydrogens is 248 g/mol. The molecule has 0 aromatic carbocycles. The van der Waals surface area contributed by atoms with E-state index in [-0.39, 0.29) is 24.6 Å². The number of hydrogen-bond acceptors (Lipinski definition) is 5. The molecule has 0 aromatic heterocycles. The number of esters is 2. The third-order valence-electron chi connectivity index (χ3n) is 3.53. The number of carbonyl (C=O) groups excluding carboxylic acids is 3. The number of ether oxygens (including phenoxy) is 2. The molecule has 0 heterocycles. The highest BCUT2D eigenvalue weighted by atomic mass is 16.5. The molecule has 0 aromatic rings. The maximum absolute atomic E-state index is 11.9. The first-order valence-electron chi connectivity index (χ1n) is 6.36. The molecule has 1 unspecified atom stereocenters. The lowest BCUT2D eigenvalue weighted by molar-refractivity contribution is -0.154. The number of carbonyl (C=O) groups is 3. The highest BCUT2D eigenvalue weighted by molar-refractivity contribution is 5.95. The average Bonchev–Trinajstić information content (AvgIpc) is 2.45. The van der Waals surface area contributed by atoms with Crippen LogP contribution in [-0.2, 0) is 23.9 Å². The maximum atomic E-state index is 11.9. The molecule has 0 fully saturated rings. The minimum absolute atomic E-state index is 0.192. The van der Waals surface area contributed by atoms with Gasteiger partial charge >= 0.3 is 11.9 Å². The van der Waals surface area contributed by atoms with Crippen LogP contribution >= 0.6 is 0 Å². The topological polar surface area (TPSA) is 69.7 Å². The van der Waals surface area contributed by atoms with Crippen LogP contribution in [0.15, 0.2) is 12.2 Å². The van der Waals surface area contributed by atoms with E-state index < -0.39 is 11.4 Å². The van der Waals surface area contributed by atoms with E-state index in [4.69, 9.17) is 4.74 Å². The van der Waals surface area contributed by atoms with Crippen LogP contribution in [-0.4, -0.2) is 31.9 Å². The Bertz CT molecular complexity index is 385. The van der Waals surface area contributed by atoms with Crippen LogP contribution in [0.2, 0.25) is 0 Å². The van der Waals surface area contributed by atoms with Gasteiger partial charge in [0.25, 0.3) is 0 Å². The summed E-state index contributed by atoms with van der Waals surface area (Å²) >= 11 is 0. The smallest absolute Gasteiger partial charge is 0.313 e. The van der Waals surface area contributed by atoms with Gasteiger partial charge in [-0.1, -0.05) is 12.2 Å². The third-order valence-corrected chi connectivity index (χ3v) is 3.53. The maximum Gasteiger partial charge on any atom is 0.313 e. The number of hydrogen-bond donors (Lipinski definition) is 0. The molecular formula is C14H20O5. The second-order valence-corrected chi connectivity index (χ2v) is 4.78. The van der Waals surface area contributed by atoms with Crippen LogP contribution in [0.3, 0.4) is 0 Å². The van der Waals surface area contributed by atoms with Crippen LogP contribution in [0.1, 0.15) is 38.5 Å². The molecule has 1 aliphatic rings. The van der Waals surface area contributed by atoms with Crippen molar-refractivity contribution in [1.29, 1.82) is 0 Å². The number of ketones is 1. The summed E-state index contributed by atoms with van der Waals surface area (Å²) in [6.45, 7) is 0. The Hall–Kier alpha value is -1.65. The van der Waals surface area contributed by atoms with E-state index >= 15 is 0 Å². The summed E-state index contributed by atoms with van der Waals surface area (Å²) in [7, 11) is 2.61. The zero-order chi connectivity index (χ0) is 14.3. The molecule has 106 valence electrons. The van der Waals surface area contributed by atoms with Gasteiger partial charge in [0.1, 0.15) is 12.2 Å². The number of allylic oxidation sites excluding steroid dienone is 2. The zero-order valence-corrected chi connectivity index (χ0v) is 11.4. The summed E-state index contributed by atoms with van der Waals surface area (Å²) in [4.78, 5) is 34.6. The van der Waals surface area contributed by atoms with E-state index in [1.807, 2.05) is 12.2 Å². The van der Waals surface area contributed by atoms with Crippen molar-refractivity contribution in [2.75, 3.05) is 14.2 Å². The first-order valence-corrected chi connectivity index (χ1v) is 6.36. The molecule has 0 amide bonds. The summed E-state index contributed by atoms with van der Waals surface area (Å²) in [6.07, 6.45) is 6.43. The minimum Gasteiger partial charge on any atom is -0.469 e. The molecule has 5 heteroatoms. The van der Waals surface area contributed by atoms with Gasteiger partial charge in [-0.2, -0.15) is 0 Å². The van der Waals surface area contributed by atoms with Crippen molar-refractivity contribution in [3.63, 3.8) is 0 Å². The summed E-state index contributed by atoms with van der Waals surface area (Å²) in [5.41, 5.74) is -0.616. The Morgan fingerprint density at radius 3 is 2.42 bits per heavy atom. The van der Waals surface area contributed by atoms with Gasteiger partial charge in [-0.3, -0.25) is 14.4 Å². The van der Waals surface area contributed by atoms with Crippen LogP contribution in [0.5, 0.6) is 0 Å². The quantitative estimate of drug-likeness (QED) is 0.417. The van der Waals surface area contributed by atoms with Gasteiger partial charge < -0.3 is 9.47 Å². The van der Waals surface area contributed by atoms with Gasteiger partial charge in [-0.05, 0) is 25.7 Å². The fraction of sp³-hybridized carbons (Fsp3) is 0.643.